The summed E-state index contributed by atoms with van der Waals surface area (Å²) < 4.78 is 1.84. The highest BCUT2D eigenvalue weighted by molar-refractivity contribution is 6.31. The molecule has 8 heteroatoms. The first-order valence-corrected chi connectivity index (χ1v) is 12.6. The van der Waals surface area contributed by atoms with Gasteiger partial charge in [0.05, 0.1) is 0 Å². The minimum Gasteiger partial charge on any atom is -0.326 e. The van der Waals surface area contributed by atoms with Gasteiger partial charge in [-0.2, -0.15) is 0 Å². The zero-order chi connectivity index (χ0) is 25.2. The Bertz CT molecular complexity index is 1340. The summed E-state index contributed by atoms with van der Waals surface area (Å²) in [6.45, 7) is 3.57. The average Bonchev–Trinajstić information content (AvgIpc) is 2.87. The van der Waals surface area contributed by atoms with Crippen molar-refractivity contribution in [1.29, 1.82) is 0 Å². The molecule has 2 aromatic carbocycles. The lowest BCUT2D eigenvalue weighted by Gasteiger charge is -2.43. The van der Waals surface area contributed by atoms with Gasteiger partial charge in [0, 0.05) is 54.4 Å². The molecule has 3 amide bonds. The zero-order valence-electron chi connectivity index (χ0n) is 20.1. The van der Waals surface area contributed by atoms with Gasteiger partial charge in [-0.1, -0.05) is 54.1 Å². The van der Waals surface area contributed by atoms with Crippen molar-refractivity contribution >= 4 is 29.2 Å². The van der Waals surface area contributed by atoms with Crippen LogP contribution < -0.4 is 16.2 Å². The number of benzene rings is 2. The number of amides is 3. The van der Waals surface area contributed by atoms with Crippen LogP contribution in [0.15, 0.2) is 71.5 Å². The second-order valence-electron chi connectivity index (χ2n) is 9.75. The van der Waals surface area contributed by atoms with Crippen LogP contribution in [-0.2, 0) is 17.8 Å². The van der Waals surface area contributed by atoms with Crippen LogP contribution in [0, 0.1) is 12.8 Å². The maximum Gasteiger partial charge on any atom is 0.318 e. The largest absolute Gasteiger partial charge is 0.326 e. The summed E-state index contributed by atoms with van der Waals surface area (Å²) in [6, 6.07) is 19.3. The van der Waals surface area contributed by atoms with Crippen molar-refractivity contribution < 1.29 is 9.59 Å². The van der Waals surface area contributed by atoms with Crippen LogP contribution >= 0.6 is 11.6 Å². The van der Waals surface area contributed by atoms with Crippen molar-refractivity contribution in [2.24, 2.45) is 5.92 Å². The van der Waals surface area contributed by atoms with Crippen molar-refractivity contribution in [3.8, 4) is 0 Å². The van der Waals surface area contributed by atoms with E-state index in [1.54, 1.807) is 29.2 Å². The molecule has 0 unspecified atom stereocenters. The Balaban J connectivity index is 1.33. The quantitative estimate of drug-likeness (QED) is 0.546. The molecular weight excluding hydrogens is 476 g/mol. The van der Waals surface area contributed by atoms with Gasteiger partial charge < -0.3 is 20.1 Å². The molecule has 0 radical (unpaired) electrons. The molecule has 0 saturated carbocycles. The van der Waals surface area contributed by atoms with Crippen LogP contribution in [0.4, 0.5) is 10.5 Å². The van der Waals surface area contributed by atoms with Crippen molar-refractivity contribution in [3.05, 3.63) is 98.9 Å². The van der Waals surface area contributed by atoms with Crippen LogP contribution in [0.2, 0.25) is 5.02 Å². The number of carbonyl (C=O) groups excluding carboxylic acids is 2. The summed E-state index contributed by atoms with van der Waals surface area (Å²) in [5, 5.41) is 6.45. The molecular formula is C28H29ClN4O3. The molecule has 1 saturated heterocycles. The van der Waals surface area contributed by atoms with Gasteiger partial charge >= 0.3 is 6.03 Å². The van der Waals surface area contributed by atoms with Gasteiger partial charge in [-0.05, 0) is 48.6 Å². The number of fused-ring (bicyclic) bond motifs is 4. The molecule has 2 bridgehead atoms. The number of halogens is 1. The summed E-state index contributed by atoms with van der Waals surface area (Å²) in [6.07, 6.45) is 1.31. The summed E-state index contributed by atoms with van der Waals surface area (Å²) in [7, 11) is 0. The number of hydrogen-bond donors (Lipinski definition) is 2. The molecule has 2 aliphatic heterocycles. The molecule has 2 N–H and O–H groups in total. The van der Waals surface area contributed by atoms with E-state index in [0.717, 1.165) is 23.2 Å². The van der Waals surface area contributed by atoms with E-state index in [4.69, 9.17) is 11.6 Å². The first-order valence-electron chi connectivity index (χ1n) is 12.2. The summed E-state index contributed by atoms with van der Waals surface area (Å²) in [4.78, 5) is 40.8. The van der Waals surface area contributed by atoms with Crippen LogP contribution in [0.1, 0.15) is 29.2 Å². The fourth-order valence-corrected chi connectivity index (χ4v) is 5.44. The third-order valence-electron chi connectivity index (χ3n) is 7.10. The monoisotopic (exact) mass is 504 g/mol. The second-order valence-corrected chi connectivity index (χ2v) is 10.2. The molecule has 186 valence electrons. The number of aryl methyl sites for hydroxylation is 1. The topological polar surface area (TPSA) is 83.4 Å². The smallest absolute Gasteiger partial charge is 0.318 e. The van der Waals surface area contributed by atoms with Gasteiger partial charge in [0.15, 0.2) is 0 Å². The molecule has 5 rings (SSSR count). The molecule has 3 aromatic rings. The molecule has 1 aromatic heterocycles. The molecule has 36 heavy (non-hydrogen) atoms. The van der Waals surface area contributed by atoms with E-state index in [9.17, 15) is 14.4 Å². The number of rotatable bonds is 5. The van der Waals surface area contributed by atoms with E-state index in [2.05, 4.69) is 10.6 Å². The Morgan fingerprint density at radius 3 is 2.61 bits per heavy atom. The molecule has 3 atom stereocenters. The van der Waals surface area contributed by atoms with E-state index in [-0.39, 0.29) is 29.3 Å². The predicted molar refractivity (Wildman–Crippen MR) is 140 cm³/mol. The van der Waals surface area contributed by atoms with Crippen molar-refractivity contribution in [2.75, 3.05) is 18.4 Å². The molecule has 0 aliphatic carbocycles. The minimum atomic E-state index is -0.767. The van der Waals surface area contributed by atoms with E-state index < -0.39 is 6.04 Å². The fourth-order valence-electron chi connectivity index (χ4n) is 5.26. The van der Waals surface area contributed by atoms with Crippen molar-refractivity contribution in [2.45, 2.75) is 38.3 Å². The zero-order valence-corrected chi connectivity index (χ0v) is 20.9. The highest BCUT2D eigenvalue weighted by atomic mass is 35.5. The number of carbonyl (C=O) groups is 2. The number of hydrogen-bond acceptors (Lipinski definition) is 3. The number of urea groups is 1. The Labute approximate surface area is 215 Å². The number of piperidine rings is 1. The molecule has 7 nitrogen and oxygen atoms in total. The first kappa shape index (κ1) is 24.1. The summed E-state index contributed by atoms with van der Waals surface area (Å²) in [5.74, 6) is 0.00711. The normalized spacial score (nSPS) is 19.2. The number of aromatic nitrogens is 1. The number of likely N-dealkylation sites (tertiary alicyclic amines) is 1. The molecule has 2 aliphatic rings. The van der Waals surface area contributed by atoms with Crippen molar-refractivity contribution in [1.82, 2.24) is 14.8 Å². The predicted octanol–water partition coefficient (Wildman–Crippen LogP) is 4.19. The molecule has 1 fully saturated rings. The lowest BCUT2D eigenvalue weighted by atomic mass is 9.83. The van der Waals surface area contributed by atoms with Gasteiger partial charge in [-0.25, -0.2) is 4.79 Å². The Morgan fingerprint density at radius 2 is 1.83 bits per heavy atom. The maximum absolute atomic E-state index is 13.4. The van der Waals surface area contributed by atoms with Gasteiger partial charge in [0.25, 0.3) is 5.56 Å². The lowest BCUT2D eigenvalue weighted by Crippen LogP contribution is -2.55. The van der Waals surface area contributed by atoms with Gasteiger partial charge in [0.2, 0.25) is 5.91 Å². The van der Waals surface area contributed by atoms with Gasteiger partial charge in [-0.3, -0.25) is 9.59 Å². The summed E-state index contributed by atoms with van der Waals surface area (Å²) in [5.41, 5.74) is 3.44. The van der Waals surface area contributed by atoms with E-state index in [1.807, 2.05) is 54.0 Å². The van der Waals surface area contributed by atoms with E-state index >= 15 is 0 Å². The minimum absolute atomic E-state index is 0.0101. The van der Waals surface area contributed by atoms with Crippen LogP contribution in [-0.4, -0.2) is 40.5 Å². The maximum atomic E-state index is 13.4. The van der Waals surface area contributed by atoms with E-state index in [1.165, 1.54) is 0 Å². The van der Waals surface area contributed by atoms with Crippen LogP contribution in [0.5, 0.6) is 0 Å². The fraction of sp³-hybridized carbons (Fsp3) is 0.321. The van der Waals surface area contributed by atoms with Crippen LogP contribution in [0.3, 0.4) is 0 Å². The third-order valence-corrected chi connectivity index (χ3v) is 7.51. The molecule has 0 spiro atoms. The highest BCUT2D eigenvalue weighted by Crippen LogP contribution is 2.35. The van der Waals surface area contributed by atoms with Gasteiger partial charge in [-0.15, -0.1) is 0 Å². The third kappa shape index (κ3) is 5.16. The highest BCUT2D eigenvalue weighted by Gasteiger charge is 2.37. The first-order chi connectivity index (χ1) is 17.4. The van der Waals surface area contributed by atoms with Crippen LogP contribution in [0.25, 0.3) is 0 Å². The van der Waals surface area contributed by atoms with Gasteiger partial charge in [0.1, 0.15) is 6.04 Å². The number of pyridine rings is 1. The van der Waals surface area contributed by atoms with Crippen molar-refractivity contribution in [3.63, 3.8) is 0 Å². The Kier molecular flexibility index (Phi) is 6.83. The number of nitrogens with zero attached hydrogens (tertiary/aromatic N) is 2. The SMILES string of the molecule is Cc1ccc(NC(=O)[C@H](Cc2ccccc2)NC(=O)N2C[C@@H]3C[C@H](C2)c2cccc(=O)n2C3)cc1Cl. The van der Waals surface area contributed by atoms with E-state index in [0.29, 0.717) is 36.8 Å². The Hall–Kier alpha value is -3.58. The molecule has 3 heterocycles. The standard InChI is InChI=1S/C28H29ClN4O3/c1-18-10-11-22(14-23(18)29)30-27(35)24(13-19-6-3-2-4-7-19)31-28(36)32-15-20-12-21(17-32)25-8-5-9-26(34)33(25)16-20/h2-11,14,20-21,24H,12-13,15-17H2,1H3,(H,30,35)(H,31,36)/t20-,21+,24-/m0/s1. The number of nitrogens with one attached hydrogen (secondary N) is 2. The number of anilines is 1. The lowest BCUT2D eigenvalue weighted by molar-refractivity contribution is -0.118. The Morgan fingerprint density at radius 1 is 1.03 bits per heavy atom. The average molecular weight is 505 g/mol. The summed E-state index contributed by atoms with van der Waals surface area (Å²) >= 11 is 6.24. The second kappa shape index (κ2) is 10.2.